The largest absolute Gasteiger partial charge is 0.462 e. The molecule has 13 heteroatoms. The Balaban J connectivity index is 2.49. The molecule has 0 amide bonds. The van der Waals surface area contributed by atoms with E-state index in [-0.39, 0.29) is 19.4 Å². The van der Waals surface area contributed by atoms with Crippen molar-refractivity contribution in [2.45, 2.75) is 192 Å². The first kappa shape index (κ1) is 58.6. The van der Waals surface area contributed by atoms with Gasteiger partial charge < -0.3 is 34.3 Å². The van der Waals surface area contributed by atoms with Crippen LogP contribution in [0, 0.1) is 0 Å². The maximum atomic E-state index is 12.8. The van der Waals surface area contributed by atoms with E-state index in [1.165, 1.54) is 25.7 Å². The molecule has 0 aromatic rings. The Kier molecular flexibility index (Phi) is 36.5. The summed E-state index contributed by atoms with van der Waals surface area (Å²) in [5.41, 5.74) is 0. The second-order valence-electron chi connectivity index (χ2n) is 16.1. The second kappa shape index (κ2) is 39.9. The molecule has 1 heterocycles. The van der Waals surface area contributed by atoms with Gasteiger partial charge in [0, 0.05) is 12.8 Å². The van der Waals surface area contributed by atoms with Crippen LogP contribution in [-0.2, 0) is 38.7 Å². The first-order valence-electron chi connectivity index (χ1n) is 23.8. The average Bonchev–Trinajstić information content (AvgIpc) is 3.26. The highest BCUT2D eigenvalue weighted by Crippen LogP contribution is 2.24. The summed E-state index contributed by atoms with van der Waals surface area (Å²) >= 11 is 0. The summed E-state index contributed by atoms with van der Waals surface area (Å²) in [7, 11) is -4.62. The number of aliphatic hydroxyl groups is 3. The number of carbonyl (C=O) groups excluding carboxylic acids is 2. The number of aliphatic hydroxyl groups excluding tert-OH is 3. The minimum absolute atomic E-state index is 0.113. The summed E-state index contributed by atoms with van der Waals surface area (Å²) in [4.78, 5) is 25.4. The van der Waals surface area contributed by atoms with Gasteiger partial charge in [-0.15, -0.1) is 0 Å². The molecule has 0 aliphatic carbocycles. The lowest BCUT2D eigenvalue weighted by Gasteiger charge is -2.40. The zero-order valence-corrected chi connectivity index (χ0v) is 39.7. The number of carbonyl (C=O) groups is 2. The summed E-state index contributed by atoms with van der Waals surface area (Å²) in [5.74, 6) is -2.08. The fourth-order valence-electron chi connectivity index (χ4n) is 6.41. The predicted molar refractivity (Wildman–Crippen MR) is 256 cm³/mol. The van der Waals surface area contributed by atoms with Crippen molar-refractivity contribution in [3.8, 4) is 0 Å². The molecule has 1 aliphatic heterocycles. The molecule has 0 saturated carbocycles. The Morgan fingerprint density at radius 2 is 0.969 bits per heavy atom. The third kappa shape index (κ3) is 34.0. The lowest BCUT2D eigenvalue weighted by atomic mass is 10.00. The van der Waals surface area contributed by atoms with Gasteiger partial charge >= 0.3 is 11.9 Å². The fraction of sp³-hybridized carbons (Fsp3) is 0.647. The number of hydrogen-bond donors (Lipinski definition) is 4. The highest BCUT2D eigenvalue weighted by Gasteiger charge is 2.46. The number of hydrogen-bond acceptors (Lipinski definition) is 11. The van der Waals surface area contributed by atoms with Crippen molar-refractivity contribution in [2.75, 3.05) is 19.0 Å². The third-order valence-electron chi connectivity index (χ3n) is 10.1. The Hall–Kier alpha value is -3.43. The average molecular weight is 919 g/mol. The van der Waals surface area contributed by atoms with E-state index in [1.54, 1.807) is 0 Å². The SMILES string of the molecule is CCC/C=C/C/C=C/C/C=C/C/C=C/CCCCCC(=O)OC[C@H](CO[C@H]1O[C@H](CS(=O)(=O)O)[C@@H](O)C(O)C1O)OC(=O)CCCCC/C=C/C/C=C/C/C=C/C/C=C/CCCCC. The van der Waals surface area contributed by atoms with Crippen molar-refractivity contribution in [1.82, 2.24) is 0 Å². The molecule has 1 saturated heterocycles. The Labute approximate surface area is 385 Å². The van der Waals surface area contributed by atoms with Crippen LogP contribution >= 0.6 is 0 Å². The zero-order chi connectivity index (χ0) is 46.9. The lowest BCUT2D eigenvalue weighted by molar-refractivity contribution is -0.297. The van der Waals surface area contributed by atoms with Gasteiger partial charge in [0.05, 0.1) is 6.61 Å². The summed E-state index contributed by atoms with van der Waals surface area (Å²) in [6, 6.07) is 0. The molecule has 12 nitrogen and oxygen atoms in total. The van der Waals surface area contributed by atoms with Crippen LogP contribution in [0.25, 0.3) is 0 Å². The highest BCUT2D eigenvalue weighted by molar-refractivity contribution is 7.85. The minimum atomic E-state index is -4.62. The Morgan fingerprint density at radius 3 is 1.42 bits per heavy atom. The number of esters is 2. The summed E-state index contributed by atoms with van der Waals surface area (Å²) in [6.45, 7) is 3.60. The lowest BCUT2D eigenvalue weighted by Crippen LogP contribution is -2.60. The van der Waals surface area contributed by atoms with Crippen molar-refractivity contribution >= 4 is 22.1 Å². The summed E-state index contributed by atoms with van der Waals surface area (Å²) in [6.07, 6.45) is 44.4. The van der Waals surface area contributed by atoms with Crippen LogP contribution in [0.2, 0.25) is 0 Å². The standard InChI is InChI=1S/C51H82O12S/c1-3-5-7-9-11-13-15-17-19-21-22-24-26-28-30-32-34-36-38-40-47(53)62-44(42-61-51-50(56)49(55)48(54)45(63-51)43-64(57,58)59)41-60-46(52)39-37-35-33-31-29-27-25-23-20-18-16-14-12-10-8-6-4-2/h8,10-11,13-14,16-17,19-20,22-24,27-30,44-45,48-51,54-56H,3-7,9,12,15,18,21,25-26,31-43H2,1-2H3,(H,57,58,59)/b10-8+,13-11+,16-14+,19-17+,23-20+,24-22+,29-27+,30-28+/t44-,45-,48-,49?,50?,51+/m1/s1. The van der Waals surface area contributed by atoms with Crippen molar-refractivity contribution in [1.29, 1.82) is 0 Å². The number of allylic oxidation sites excluding steroid dienone is 16. The topological polar surface area (TPSA) is 186 Å². The maximum Gasteiger partial charge on any atom is 0.306 e. The van der Waals surface area contributed by atoms with Crippen LogP contribution in [0.15, 0.2) is 97.2 Å². The molecule has 0 radical (unpaired) electrons. The van der Waals surface area contributed by atoms with Crippen LogP contribution in [0.3, 0.4) is 0 Å². The predicted octanol–water partition coefficient (Wildman–Crippen LogP) is 10.2. The van der Waals surface area contributed by atoms with E-state index in [9.17, 15) is 37.9 Å². The quantitative estimate of drug-likeness (QED) is 0.0199. The summed E-state index contributed by atoms with van der Waals surface area (Å²) in [5, 5.41) is 30.9. The van der Waals surface area contributed by atoms with Crippen LogP contribution in [0.1, 0.15) is 155 Å². The second-order valence-corrected chi connectivity index (χ2v) is 17.6. The molecule has 4 N–H and O–H groups in total. The molecule has 0 spiro atoms. The van der Waals surface area contributed by atoms with E-state index in [0.717, 1.165) is 89.9 Å². The first-order chi connectivity index (χ1) is 31.0. The molecule has 0 aromatic carbocycles. The van der Waals surface area contributed by atoms with Gasteiger partial charge in [0.15, 0.2) is 12.4 Å². The maximum absolute atomic E-state index is 12.8. The van der Waals surface area contributed by atoms with Crippen molar-refractivity contribution in [3.63, 3.8) is 0 Å². The normalized spacial score (nSPS) is 20.5. The molecule has 1 fully saturated rings. The van der Waals surface area contributed by atoms with E-state index < -0.39 is 71.2 Å². The molecule has 1 aliphatic rings. The number of unbranched alkanes of at least 4 members (excludes halogenated alkanes) is 10. The van der Waals surface area contributed by atoms with Crippen molar-refractivity contribution < 1.29 is 56.8 Å². The van der Waals surface area contributed by atoms with E-state index in [1.807, 2.05) is 0 Å². The van der Waals surface area contributed by atoms with Crippen molar-refractivity contribution in [2.24, 2.45) is 0 Å². The smallest absolute Gasteiger partial charge is 0.306 e. The molecular weight excluding hydrogens is 837 g/mol. The molecule has 0 bridgehead atoms. The molecule has 0 aromatic heterocycles. The minimum Gasteiger partial charge on any atom is -0.462 e. The van der Waals surface area contributed by atoms with Gasteiger partial charge in [-0.2, -0.15) is 8.42 Å². The highest BCUT2D eigenvalue weighted by atomic mass is 32.2. The van der Waals surface area contributed by atoms with Gasteiger partial charge in [0.1, 0.15) is 36.8 Å². The van der Waals surface area contributed by atoms with Gasteiger partial charge in [-0.05, 0) is 96.3 Å². The van der Waals surface area contributed by atoms with Gasteiger partial charge in [-0.25, -0.2) is 0 Å². The van der Waals surface area contributed by atoms with Crippen LogP contribution in [0.4, 0.5) is 0 Å². The first-order valence-corrected chi connectivity index (χ1v) is 25.4. The number of ether oxygens (including phenoxy) is 4. The Morgan fingerprint density at radius 1 is 0.531 bits per heavy atom. The fourth-order valence-corrected chi connectivity index (χ4v) is 7.10. The van der Waals surface area contributed by atoms with E-state index in [2.05, 4.69) is 111 Å². The van der Waals surface area contributed by atoms with Gasteiger partial charge in [0.2, 0.25) is 0 Å². The molecular formula is C51H82O12S. The molecule has 1 rings (SSSR count). The Bertz CT molecular complexity index is 1540. The van der Waals surface area contributed by atoms with Crippen LogP contribution in [0.5, 0.6) is 0 Å². The van der Waals surface area contributed by atoms with Gasteiger partial charge in [0.25, 0.3) is 10.1 Å². The van der Waals surface area contributed by atoms with Gasteiger partial charge in [-0.1, -0.05) is 143 Å². The molecule has 64 heavy (non-hydrogen) atoms. The monoisotopic (exact) mass is 919 g/mol. The third-order valence-corrected chi connectivity index (χ3v) is 10.9. The van der Waals surface area contributed by atoms with Crippen LogP contribution < -0.4 is 0 Å². The zero-order valence-electron chi connectivity index (χ0n) is 38.8. The van der Waals surface area contributed by atoms with E-state index >= 15 is 0 Å². The van der Waals surface area contributed by atoms with Gasteiger partial charge in [-0.3, -0.25) is 14.1 Å². The molecule has 364 valence electrons. The van der Waals surface area contributed by atoms with Crippen LogP contribution in [-0.4, -0.2) is 96.0 Å². The summed E-state index contributed by atoms with van der Waals surface area (Å²) < 4.78 is 54.1. The van der Waals surface area contributed by atoms with E-state index in [4.69, 9.17) is 18.9 Å². The van der Waals surface area contributed by atoms with Crippen molar-refractivity contribution in [3.05, 3.63) is 97.2 Å². The molecule has 2 unspecified atom stereocenters. The molecule has 6 atom stereocenters. The number of rotatable bonds is 38. The van der Waals surface area contributed by atoms with E-state index in [0.29, 0.717) is 12.8 Å².